The van der Waals surface area contributed by atoms with Gasteiger partial charge in [0.25, 0.3) is 0 Å². The lowest BCUT2D eigenvalue weighted by molar-refractivity contribution is 0.274. The van der Waals surface area contributed by atoms with E-state index in [2.05, 4.69) is 49.5 Å². The zero-order valence-corrected chi connectivity index (χ0v) is 11.2. The van der Waals surface area contributed by atoms with Crippen LogP contribution in [0.2, 0.25) is 0 Å². The van der Waals surface area contributed by atoms with Crippen molar-refractivity contribution < 1.29 is 0 Å². The van der Waals surface area contributed by atoms with Crippen LogP contribution in [0.25, 0.3) is 0 Å². The smallest absolute Gasteiger partial charge is 0.202 e. The van der Waals surface area contributed by atoms with Gasteiger partial charge in [-0.15, -0.1) is 0 Å². The molecule has 0 amide bonds. The van der Waals surface area contributed by atoms with Crippen LogP contribution < -0.4 is 5.32 Å². The second-order valence-electron chi connectivity index (χ2n) is 5.59. The van der Waals surface area contributed by atoms with E-state index in [0.29, 0.717) is 11.3 Å². The fourth-order valence-corrected chi connectivity index (χ4v) is 1.45. The van der Waals surface area contributed by atoms with Crippen molar-refractivity contribution in [3.05, 3.63) is 12.4 Å². The van der Waals surface area contributed by atoms with Crippen LogP contribution in [0.3, 0.4) is 0 Å². The third kappa shape index (κ3) is 3.54. The number of anilines is 1. The Hall–Kier alpha value is -0.990. The van der Waals surface area contributed by atoms with E-state index in [1.165, 1.54) is 0 Å². The van der Waals surface area contributed by atoms with Gasteiger partial charge in [0.15, 0.2) is 0 Å². The molecule has 1 atom stereocenters. The molecule has 0 fully saturated rings. The Balaban J connectivity index is 2.51. The molecule has 3 heteroatoms. The summed E-state index contributed by atoms with van der Waals surface area (Å²) in [6, 6.07) is 0. The van der Waals surface area contributed by atoms with E-state index in [1.807, 2.05) is 12.4 Å². The summed E-state index contributed by atoms with van der Waals surface area (Å²) in [5.41, 5.74) is 0.342. The molecular weight excluding hydrogens is 198 g/mol. The van der Waals surface area contributed by atoms with Crippen molar-refractivity contribution in [1.29, 1.82) is 0 Å². The Labute approximate surface area is 99.3 Å². The first kappa shape index (κ1) is 13.1. The monoisotopic (exact) mass is 223 g/mol. The summed E-state index contributed by atoms with van der Waals surface area (Å²) < 4.78 is 2.18. The zero-order valence-electron chi connectivity index (χ0n) is 11.2. The average Bonchev–Trinajstić information content (AvgIpc) is 2.61. The third-order valence-corrected chi connectivity index (χ3v) is 3.22. The highest BCUT2D eigenvalue weighted by molar-refractivity contribution is 5.25. The summed E-state index contributed by atoms with van der Waals surface area (Å²) in [6.45, 7) is 13.3. The van der Waals surface area contributed by atoms with Crippen molar-refractivity contribution in [3.63, 3.8) is 0 Å². The zero-order chi connectivity index (χ0) is 12.2. The summed E-state index contributed by atoms with van der Waals surface area (Å²) in [5, 5.41) is 3.44. The van der Waals surface area contributed by atoms with E-state index in [-0.39, 0.29) is 0 Å². The van der Waals surface area contributed by atoms with Crippen molar-refractivity contribution in [1.82, 2.24) is 9.55 Å². The van der Waals surface area contributed by atoms with Crippen molar-refractivity contribution in [2.75, 3.05) is 11.9 Å². The number of imidazole rings is 1. The van der Waals surface area contributed by atoms with Crippen LogP contribution in [0.15, 0.2) is 12.4 Å². The minimum Gasteiger partial charge on any atom is -0.355 e. The molecule has 0 spiro atoms. The molecule has 3 nitrogen and oxygen atoms in total. The van der Waals surface area contributed by atoms with E-state index >= 15 is 0 Å². The SMILES string of the molecule is CCCn1ccnc1NCC(C)C(C)(C)C. The lowest BCUT2D eigenvalue weighted by Gasteiger charge is -2.27. The quantitative estimate of drug-likeness (QED) is 0.829. The standard InChI is InChI=1S/C13H25N3/c1-6-8-16-9-7-14-12(16)15-10-11(2)13(3,4)5/h7,9,11H,6,8,10H2,1-5H3,(H,14,15). The van der Waals surface area contributed by atoms with Gasteiger partial charge < -0.3 is 9.88 Å². The Kier molecular flexibility index (Phi) is 4.39. The summed E-state index contributed by atoms with van der Waals surface area (Å²) in [5.74, 6) is 1.62. The highest BCUT2D eigenvalue weighted by Gasteiger charge is 2.19. The number of nitrogens with zero attached hydrogens (tertiary/aromatic N) is 2. The van der Waals surface area contributed by atoms with Gasteiger partial charge in [0, 0.05) is 25.5 Å². The van der Waals surface area contributed by atoms with Crippen LogP contribution in [0.1, 0.15) is 41.0 Å². The minimum atomic E-state index is 0.342. The molecule has 1 aromatic heterocycles. The molecule has 16 heavy (non-hydrogen) atoms. The summed E-state index contributed by atoms with van der Waals surface area (Å²) in [7, 11) is 0. The fraction of sp³-hybridized carbons (Fsp3) is 0.769. The number of aryl methyl sites for hydroxylation is 1. The van der Waals surface area contributed by atoms with Gasteiger partial charge in [-0.1, -0.05) is 34.6 Å². The van der Waals surface area contributed by atoms with Gasteiger partial charge in [-0.3, -0.25) is 0 Å². The van der Waals surface area contributed by atoms with Gasteiger partial charge in [0.2, 0.25) is 5.95 Å². The maximum absolute atomic E-state index is 4.34. The fourth-order valence-electron chi connectivity index (χ4n) is 1.45. The molecule has 92 valence electrons. The molecule has 0 saturated heterocycles. The second kappa shape index (κ2) is 5.37. The van der Waals surface area contributed by atoms with E-state index in [1.54, 1.807) is 0 Å². The lowest BCUT2D eigenvalue weighted by Crippen LogP contribution is -2.25. The highest BCUT2D eigenvalue weighted by Crippen LogP contribution is 2.25. The first-order valence-electron chi connectivity index (χ1n) is 6.20. The molecule has 0 bridgehead atoms. The summed E-state index contributed by atoms with van der Waals surface area (Å²) in [6.07, 6.45) is 5.03. The van der Waals surface area contributed by atoms with Gasteiger partial charge >= 0.3 is 0 Å². The van der Waals surface area contributed by atoms with Crippen LogP contribution in [-0.2, 0) is 6.54 Å². The topological polar surface area (TPSA) is 29.9 Å². The first-order valence-corrected chi connectivity index (χ1v) is 6.20. The number of aromatic nitrogens is 2. The van der Waals surface area contributed by atoms with E-state index in [9.17, 15) is 0 Å². The maximum atomic E-state index is 4.34. The average molecular weight is 223 g/mol. The van der Waals surface area contributed by atoms with Crippen LogP contribution in [0.4, 0.5) is 5.95 Å². The molecule has 1 N–H and O–H groups in total. The van der Waals surface area contributed by atoms with Gasteiger partial charge in [0.1, 0.15) is 0 Å². The number of nitrogens with one attached hydrogen (secondary N) is 1. The summed E-state index contributed by atoms with van der Waals surface area (Å²) in [4.78, 5) is 4.34. The van der Waals surface area contributed by atoms with Gasteiger partial charge in [0.05, 0.1) is 0 Å². The predicted molar refractivity (Wildman–Crippen MR) is 69.6 cm³/mol. The largest absolute Gasteiger partial charge is 0.355 e. The maximum Gasteiger partial charge on any atom is 0.202 e. The Morgan fingerprint density at radius 2 is 2.12 bits per heavy atom. The summed E-state index contributed by atoms with van der Waals surface area (Å²) >= 11 is 0. The van der Waals surface area contributed by atoms with Crippen LogP contribution in [-0.4, -0.2) is 16.1 Å². The molecule has 0 aliphatic heterocycles. The lowest BCUT2D eigenvalue weighted by atomic mass is 9.82. The molecule has 1 unspecified atom stereocenters. The minimum absolute atomic E-state index is 0.342. The van der Waals surface area contributed by atoms with E-state index in [0.717, 1.165) is 25.5 Å². The van der Waals surface area contributed by atoms with Gasteiger partial charge in [-0.05, 0) is 17.8 Å². The molecule has 1 aromatic rings. The van der Waals surface area contributed by atoms with Crippen LogP contribution in [0, 0.1) is 11.3 Å². The molecule has 0 saturated carbocycles. The molecule has 0 radical (unpaired) electrons. The van der Waals surface area contributed by atoms with Crippen molar-refractivity contribution in [3.8, 4) is 0 Å². The molecular formula is C13H25N3. The van der Waals surface area contributed by atoms with Gasteiger partial charge in [-0.2, -0.15) is 0 Å². The normalized spacial score (nSPS) is 13.8. The molecule has 1 rings (SSSR count). The Morgan fingerprint density at radius 3 is 2.69 bits per heavy atom. The van der Waals surface area contributed by atoms with Crippen molar-refractivity contribution >= 4 is 5.95 Å². The molecule has 1 heterocycles. The van der Waals surface area contributed by atoms with Crippen molar-refractivity contribution in [2.45, 2.75) is 47.6 Å². The second-order valence-corrected chi connectivity index (χ2v) is 5.59. The first-order chi connectivity index (χ1) is 7.45. The Bertz CT molecular complexity index is 309. The number of hydrogen-bond acceptors (Lipinski definition) is 2. The predicted octanol–water partition coefficient (Wildman–Crippen LogP) is 3.39. The number of hydrogen-bond donors (Lipinski definition) is 1. The van der Waals surface area contributed by atoms with Crippen LogP contribution in [0.5, 0.6) is 0 Å². The Morgan fingerprint density at radius 1 is 1.44 bits per heavy atom. The third-order valence-electron chi connectivity index (χ3n) is 3.22. The van der Waals surface area contributed by atoms with E-state index in [4.69, 9.17) is 0 Å². The van der Waals surface area contributed by atoms with Crippen LogP contribution >= 0.6 is 0 Å². The van der Waals surface area contributed by atoms with Gasteiger partial charge in [-0.25, -0.2) is 4.98 Å². The molecule has 0 aliphatic rings. The molecule has 0 aromatic carbocycles. The van der Waals surface area contributed by atoms with E-state index < -0.39 is 0 Å². The highest BCUT2D eigenvalue weighted by atomic mass is 15.2. The number of rotatable bonds is 5. The van der Waals surface area contributed by atoms with Crippen molar-refractivity contribution in [2.24, 2.45) is 11.3 Å². The molecule has 0 aliphatic carbocycles.